The van der Waals surface area contributed by atoms with Gasteiger partial charge in [0.1, 0.15) is 5.76 Å². The summed E-state index contributed by atoms with van der Waals surface area (Å²) in [6.45, 7) is 0.327. The number of amides is 1. The highest BCUT2D eigenvalue weighted by Crippen LogP contribution is 2.33. The fraction of sp³-hybridized carbons (Fsp3) is 0.0833. The molecule has 2 heterocycles. The second kappa shape index (κ2) is 7.97. The number of aromatic nitrogens is 1. The zero-order valence-corrected chi connectivity index (χ0v) is 17.9. The summed E-state index contributed by atoms with van der Waals surface area (Å²) < 4.78 is 6.59. The van der Waals surface area contributed by atoms with Crippen LogP contribution in [0.15, 0.2) is 88.4 Å². The molecule has 0 bridgehead atoms. The first-order valence-corrected chi connectivity index (χ1v) is 11.5. The van der Waals surface area contributed by atoms with E-state index in [0.717, 1.165) is 21.0 Å². The van der Waals surface area contributed by atoms with Gasteiger partial charge in [-0.2, -0.15) is 0 Å². The van der Waals surface area contributed by atoms with Crippen molar-refractivity contribution in [1.29, 1.82) is 0 Å². The van der Waals surface area contributed by atoms with Crippen molar-refractivity contribution in [2.75, 3.05) is 11.2 Å². The maximum atomic E-state index is 13.6. The second-order valence-corrected chi connectivity index (χ2v) is 8.75. The first kappa shape index (κ1) is 18.9. The zero-order valence-electron chi connectivity index (χ0n) is 16.2. The molecule has 0 radical (unpaired) electrons. The van der Waals surface area contributed by atoms with Gasteiger partial charge in [0.2, 0.25) is 0 Å². The lowest BCUT2D eigenvalue weighted by Gasteiger charge is -2.19. The molecule has 0 fully saturated rings. The maximum absolute atomic E-state index is 13.6. The number of thiazole rings is 1. The second-order valence-electron chi connectivity index (χ2n) is 6.86. The summed E-state index contributed by atoms with van der Waals surface area (Å²) in [5, 5.41) is 2.81. The van der Waals surface area contributed by atoms with Gasteiger partial charge in [-0.15, -0.1) is 11.8 Å². The van der Waals surface area contributed by atoms with Crippen molar-refractivity contribution in [3.8, 4) is 0 Å². The van der Waals surface area contributed by atoms with E-state index in [1.807, 2.05) is 60.7 Å². The number of hydrogen-bond acceptors (Lipinski definition) is 5. The van der Waals surface area contributed by atoms with E-state index < -0.39 is 0 Å². The third-order valence-electron chi connectivity index (χ3n) is 4.95. The number of fused-ring (bicyclic) bond motifs is 2. The van der Waals surface area contributed by atoms with Crippen molar-refractivity contribution in [2.24, 2.45) is 0 Å². The molecule has 0 aliphatic heterocycles. The molecule has 1 amide bonds. The number of furan rings is 1. The van der Waals surface area contributed by atoms with Crippen molar-refractivity contribution in [3.05, 3.63) is 90.4 Å². The van der Waals surface area contributed by atoms with E-state index in [1.165, 1.54) is 16.2 Å². The van der Waals surface area contributed by atoms with Gasteiger partial charge in [0, 0.05) is 10.5 Å². The number of carbonyl (C=O) groups is 1. The van der Waals surface area contributed by atoms with Gasteiger partial charge in [-0.1, -0.05) is 41.7 Å². The summed E-state index contributed by atoms with van der Waals surface area (Å²) in [4.78, 5) is 21.2. The largest absolute Gasteiger partial charge is 0.467 e. The average Bonchev–Trinajstić information content (AvgIpc) is 3.45. The minimum atomic E-state index is -0.0960. The Balaban J connectivity index is 1.58. The summed E-state index contributed by atoms with van der Waals surface area (Å²) in [6.07, 6.45) is 3.67. The number of benzene rings is 3. The molecule has 0 spiro atoms. The van der Waals surface area contributed by atoms with Crippen LogP contribution >= 0.6 is 23.1 Å². The van der Waals surface area contributed by atoms with Crippen molar-refractivity contribution < 1.29 is 9.21 Å². The Kier molecular flexibility index (Phi) is 5.02. The Morgan fingerprint density at radius 1 is 1.03 bits per heavy atom. The lowest BCUT2D eigenvalue weighted by Crippen LogP contribution is -2.30. The van der Waals surface area contributed by atoms with E-state index in [9.17, 15) is 4.79 Å². The monoisotopic (exact) mass is 430 g/mol. The van der Waals surface area contributed by atoms with Gasteiger partial charge in [0.15, 0.2) is 5.13 Å². The van der Waals surface area contributed by atoms with Crippen LogP contribution in [0.3, 0.4) is 0 Å². The SMILES string of the molecule is CSc1ccc2nc(N(Cc3ccco3)C(=O)c3ccc4ccccc4c3)sc2c1. The van der Waals surface area contributed by atoms with Gasteiger partial charge < -0.3 is 4.42 Å². The molecule has 0 saturated heterocycles. The summed E-state index contributed by atoms with van der Waals surface area (Å²) in [6, 6.07) is 23.7. The Bertz CT molecular complexity index is 1340. The molecule has 2 aromatic heterocycles. The quantitative estimate of drug-likeness (QED) is 0.294. The summed E-state index contributed by atoms with van der Waals surface area (Å²) in [5.74, 6) is 0.620. The molecule has 0 unspecified atom stereocenters. The Morgan fingerprint density at radius 2 is 1.90 bits per heavy atom. The van der Waals surface area contributed by atoms with E-state index in [0.29, 0.717) is 23.0 Å². The van der Waals surface area contributed by atoms with E-state index in [1.54, 1.807) is 22.9 Å². The highest BCUT2D eigenvalue weighted by atomic mass is 32.2. The molecular weight excluding hydrogens is 412 g/mol. The van der Waals surface area contributed by atoms with Crippen molar-refractivity contribution >= 4 is 55.1 Å². The minimum absolute atomic E-state index is 0.0960. The molecule has 4 nitrogen and oxygen atoms in total. The van der Waals surface area contributed by atoms with E-state index in [4.69, 9.17) is 9.40 Å². The highest BCUT2D eigenvalue weighted by molar-refractivity contribution is 7.98. The van der Waals surface area contributed by atoms with Crippen LogP contribution in [0.2, 0.25) is 0 Å². The molecule has 5 rings (SSSR count). The number of rotatable bonds is 5. The third kappa shape index (κ3) is 3.60. The normalized spacial score (nSPS) is 11.2. The van der Waals surface area contributed by atoms with Crippen LogP contribution < -0.4 is 4.90 Å². The summed E-state index contributed by atoms with van der Waals surface area (Å²) >= 11 is 3.22. The molecule has 0 atom stereocenters. The van der Waals surface area contributed by atoms with Crippen LogP contribution in [0.25, 0.3) is 21.0 Å². The van der Waals surface area contributed by atoms with Crippen molar-refractivity contribution in [1.82, 2.24) is 4.98 Å². The van der Waals surface area contributed by atoms with E-state index in [2.05, 4.69) is 18.4 Å². The topological polar surface area (TPSA) is 46.3 Å². The molecule has 0 aliphatic carbocycles. The fourth-order valence-electron chi connectivity index (χ4n) is 3.40. The highest BCUT2D eigenvalue weighted by Gasteiger charge is 2.23. The maximum Gasteiger partial charge on any atom is 0.260 e. The third-order valence-corrected chi connectivity index (χ3v) is 6.72. The fourth-order valence-corrected chi connectivity index (χ4v) is 4.91. The molecule has 30 heavy (non-hydrogen) atoms. The smallest absolute Gasteiger partial charge is 0.260 e. The van der Waals surface area contributed by atoms with Crippen LogP contribution in [0.4, 0.5) is 5.13 Å². The molecule has 0 aliphatic rings. The van der Waals surface area contributed by atoms with Crippen molar-refractivity contribution in [3.63, 3.8) is 0 Å². The predicted molar refractivity (Wildman–Crippen MR) is 125 cm³/mol. The number of anilines is 1. The van der Waals surface area contributed by atoms with Gasteiger partial charge in [-0.3, -0.25) is 9.69 Å². The van der Waals surface area contributed by atoms with Crippen LogP contribution in [0, 0.1) is 0 Å². The van der Waals surface area contributed by atoms with E-state index in [-0.39, 0.29) is 5.91 Å². The average molecular weight is 431 g/mol. The first-order chi connectivity index (χ1) is 14.7. The Morgan fingerprint density at radius 3 is 2.70 bits per heavy atom. The van der Waals surface area contributed by atoms with E-state index >= 15 is 0 Å². The lowest BCUT2D eigenvalue weighted by molar-refractivity contribution is 0.0983. The minimum Gasteiger partial charge on any atom is -0.467 e. The first-order valence-electron chi connectivity index (χ1n) is 9.49. The molecule has 148 valence electrons. The standard InChI is InChI=1S/C24H18N2O2S2/c1-29-20-10-11-21-22(14-20)30-24(25-21)26(15-19-7-4-12-28-19)23(27)18-9-8-16-5-2-3-6-17(16)13-18/h2-14H,15H2,1H3. The lowest BCUT2D eigenvalue weighted by atomic mass is 10.1. The van der Waals surface area contributed by atoms with Crippen LogP contribution in [0.5, 0.6) is 0 Å². The Hall–Kier alpha value is -3.09. The van der Waals surface area contributed by atoms with Crippen LogP contribution in [-0.2, 0) is 6.54 Å². The van der Waals surface area contributed by atoms with Gasteiger partial charge in [-0.05, 0) is 59.5 Å². The molecular formula is C24H18N2O2S2. The van der Waals surface area contributed by atoms with Crippen LogP contribution in [-0.4, -0.2) is 17.1 Å². The summed E-state index contributed by atoms with van der Waals surface area (Å²) in [7, 11) is 0. The predicted octanol–water partition coefficient (Wildman–Crippen LogP) is 6.61. The number of nitrogens with zero attached hydrogens (tertiary/aromatic N) is 2. The number of thioether (sulfide) groups is 1. The molecule has 0 saturated carbocycles. The van der Waals surface area contributed by atoms with Crippen molar-refractivity contribution in [2.45, 2.75) is 11.4 Å². The molecule has 0 N–H and O–H groups in total. The van der Waals surface area contributed by atoms with Gasteiger partial charge >= 0.3 is 0 Å². The van der Waals surface area contributed by atoms with Gasteiger partial charge in [0.25, 0.3) is 5.91 Å². The van der Waals surface area contributed by atoms with Gasteiger partial charge in [-0.25, -0.2) is 4.98 Å². The zero-order chi connectivity index (χ0) is 20.5. The molecule has 6 heteroatoms. The summed E-state index contributed by atoms with van der Waals surface area (Å²) in [5.41, 5.74) is 1.52. The molecule has 3 aromatic carbocycles. The van der Waals surface area contributed by atoms with Gasteiger partial charge in [0.05, 0.1) is 23.0 Å². The number of hydrogen-bond donors (Lipinski definition) is 0. The van der Waals surface area contributed by atoms with Crippen LogP contribution in [0.1, 0.15) is 16.1 Å². The Labute approximate surface area is 182 Å². The molecule has 5 aromatic rings. The number of carbonyl (C=O) groups excluding carboxylic acids is 1.